The quantitative estimate of drug-likeness (QED) is 0.615. The second kappa shape index (κ2) is 7.20. The standard InChI is InChI=1S/C13H19NO4/c1-15-7-8-18-14-10-11-3-4-12-13(9-11)17-6-2-5-16-12/h3-4,9,14H,2,5-8,10H2,1H3. The molecule has 0 aliphatic carbocycles. The summed E-state index contributed by atoms with van der Waals surface area (Å²) in [4.78, 5) is 5.20. The first-order valence-corrected chi connectivity index (χ1v) is 6.12. The molecule has 1 N–H and O–H groups in total. The van der Waals surface area contributed by atoms with E-state index < -0.39 is 0 Å². The molecule has 0 bridgehead atoms. The maximum absolute atomic E-state index is 5.62. The van der Waals surface area contributed by atoms with Crippen LogP contribution in [-0.4, -0.2) is 33.5 Å². The monoisotopic (exact) mass is 253 g/mol. The van der Waals surface area contributed by atoms with Gasteiger partial charge < -0.3 is 14.2 Å². The van der Waals surface area contributed by atoms with Gasteiger partial charge in [-0.2, -0.15) is 5.48 Å². The van der Waals surface area contributed by atoms with E-state index >= 15 is 0 Å². The molecule has 5 heteroatoms. The third-order valence-electron chi connectivity index (χ3n) is 2.58. The molecule has 1 aromatic carbocycles. The largest absolute Gasteiger partial charge is 0.490 e. The zero-order chi connectivity index (χ0) is 12.6. The Hall–Kier alpha value is -1.30. The molecule has 0 amide bonds. The average molecular weight is 253 g/mol. The van der Waals surface area contributed by atoms with Gasteiger partial charge in [-0.25, -0.2) is 0 Å². The lowest BCUT2D eigenvalue weighted by Gasteiger charge is -2.10. The Balaban J connectivity index is 1.84. The van der Waals surface area contributed by atoms with Crippen LogP contribution in [0.5, 0.6) is 11.5 Å². The van der Waals surface area contributed by atoms with Crippen LogP contribution < -0.4 is 15.0 Å². The average Bonchev–Trinajstić information content (AvgIpc) is 2.63. The van der Waals surface area contributed by atoms with Gasteiger partial charge in [-0.15, -0.1) is 0 Å². The molecule has 1 heterocycles. The van der Waals surface area contributed by atoms with Crippen LogP contribution in [0, 0.1) is 0 Å². The summed E-state index contributed by atoms with van der Waals surface area (Å²) in [6.45, 7) is 3.15. The first-order valence-electron chi connectivity index (χ1n) is 6.12. The van der Waals surface area contributed by atoms with E-state index in [2.05, 4.69) is 5.48 Å². The van der Waals surface area contributed by atoms with Gasteiger partial charge in [0, 0.05) is 20.1 Å². The lowest BCUT2D eigenvalue weighted by atomic mass is 10.2. The number of hydrogen-bond acceptors (Lipinski definition) is 5. The van der Waals surface area contributed by atoms with Crippen LogP contribution in [0.15, 0.2) is 18.2 Å². The molecule has 0 saturated carbocycles. The second-order valence-corrected chi connectivity index (χ2v) is 3.99. The minimum atomic E-state index is 0.529. The molecule has 0 unspecified atom stereocenters. The summed E-state index contributed by atoms with van der Waals surface area (Å²) in [6.07, 6.45) is 0.919. The van der Waals surface area contributed by atoms with Gasteiger partial charge in [0.05, 0.1) is 26.4 Å². The number of ether oxygens (including phenoxy) is 3. The predicted molar refractivity (Wildman–Crippen MR) is 66.7 cm³/mol. The molecule has 0 fully saturated rings. The molecule has 0 saturated heterocycles. The molecular weight excluding hydrogens is 234 g/mol. The molecule has 0 aromatic heterocycles. The molecule has 2 rings (SSSR count). The minimum absolute atomic E-state index is 0.529. The number of hydroxylamine groups is 1. The van der Waals surface area contributed by atoms with E-state index in [1.165, 1.54) is 0 Å². The van der Waals surface area contributed by atoms with Crippen LogP contribution in [0.25, 0.3) is 0 Å². The fourth-order valence-corrected chi connectivity index (χ4v) is 1.65. The highest BCUT2D eigenvalue weighted by Crippen LogP contribution is 2.30. The van der Waals surface area contributed by atoms with Crippen LogP contribution in [0.2, 0.25) is 0 Å². The van der Waals surface area contributed by atoms with E-state index in [0.717, 1.165) is 23.5 Å². The van der Waals surface area contributed by atoms with Crippen LogP contribution in [0.4, 0.5) is 0 Å². The Bertz CT molecular complexity index is 370. The lowest BCUT2D eigenvalue weighted by Crippen LogP contribution is -2.17. The van der Waals surface area contributed by atoms with Crippen molar-refractivity contribution in [2.24, 2.45) is 0 Å². The van der Waals surface area contributed by atoms with Crippen LogP contribution in [0.3, 0.4) is 0 Å². The van der Waals surface area contributed by atoms with E-state index in [-0.39, 0.29) is 0 Å². The van der Waals surface area contributed by atoms with Gasteiger partial charge in [-0.05, 0) is 17.7 Å². The van der Waals surface area contributed by atoms with Gasteiger partial charge in [0.15, 0.2) is 11.5 Å². The summed E-state index contributed by atoms with van der Waals surface area (Å²) in [6, 6.07) is 5.92. The zero-order valence-electron chi connectivity index (χ0n) is 10.6. The van der Waals surface area contributed by atoms with Crippen molar-refractivity contribution in [1.29, 1.82) is 0 Å². The van der Waals surface area contributed by atoms with Crippen molar-refractivity contribution < 1.29 is 19.0 Å². The van der Waals surface area contributed by atoms with E-state index in [4.69, 9.17) is 19.0 Å². The van der Waals surface area contributed by atoms with Crippen molar-refractivity contribution in [2.75, 3.05) is 33.5 Å². The minimum Gasteiger partial charge on any atom is -0.490 e. The molecular formula is C13H19NO4. The van der Waals surface area contributed by atoms with Crippen molar-refractivity contribution in [2.45, 2.75) is 13.0 Å². The van der Waals surface area contributed by atoms with Gasteiger partial charge >= 0.3 is 0 Å². The van der Waals surface area contributed by atoms with E-state index in [0.29, 0.717) is 33.0 Å². The predicted octanol–water partition coefficient (Wildman–Crippen LogP) is 1.52. The number of methoxy groups -OCH3 is 1. The van der Waals surface area contributed by atoms with E-state index in [9.17, 15) is 0 Å². The van der Waals surface area contributed by atoms with Crippen molar-refractivity contribution >= 4 is 0 Å². The van der Waals surface area contributed by atoms with Crippen LogP contribution in [0.1, 0.15) is 12.0 Å². The molecule has 1 aliphatic heterocycles. The molecule has 1 aromatic rings. The third-order valence-corrected chi connectivity index (χ3v) is 2.58. The van der Waals surface area contributed by atoms with E-state index in [1.807, 2.05) is 18.2 Å². The fourth-order valence-electron chi connectivity index (χ4n) is 1.65. The molecule has 100 valence electrons. The van der Waals surface area contributed by atoms with Gasteiger partial charge in [-0.3, -0.25) is 4.84 Å². The first kappa shape index (κ1) is 13.1. The normalized spacial score (nSPS) is 14.3. The number of hydrogen-bond donors (Lipinski definition) is 1. The highest BCUT2D eigenvalue weighted by molar-refractivity contribution is 5.43. The number of rotatable bonds is 6. The summed E-state index contributed by atoms with van der Waals surface area (Å²) in [7, 11) is 1.65. The van der Waals surface area contributed by atoms with Gasteiger partial charge in [0.25, 0.3) is 0 Å². The Morgan fingerprint density at radius 3 is 2.83 bits per heavy atom. The number of nitrogens with one attached hydrogen (secondary N) is 1. The Kier molecular flexibility index (Phi) is 5.26. The maximum Gasteiger partial charge on any atom is 0.161 e. The molecule has 0 spiro atoms. The topological polar surface area (TPSA) is 49.0 Å². The Labute approximate surface area is 107 Å². The maximum atomic E-state index is 5.62. The summed E-state index contributed by atoms with van der Waals surface area (Å²) in [5, 5.41) is 0. The van der Waals surface area contributed by atoms with Gasteiger partial charge in [-0.1, -0.05) is 6.07 Å². The lowest BCUT2D eigenvalue weighted by molar-refractivity contribution is 0.00344. The zero-order valence-corrected chi connectivity index (χ0v) is 10.6. The Morgan fingerprint density at radius 2 is 2.00 bits per heavy atom. The molecule has 0 atom stereocenters. The smallest absolute Gasteiger partial charge is 0.161 e. The first-order chi connectivity index (χ1) is 8.90. The van der Waals surface area contributed by atoms with Crippen molar-refractivity contribution in [3.05, 3.63) is 23.8 Å². The SMILES string of the molecule is COCCONCc1ccc2c(c1)OCCCO2. The number of fused-ring (bicyclic) bond motifs is 1. The van der Waals surface area contributed by atoms with Gasteiger partial charge in [0.1, 0.15) is 0 Å². The van der Waals surface area contributed by atoms with Crippen molar-refractivity contribution in [3.63, 3.8) is 0 Å². The van der Waals surface area contributed by atoms with Crippen molar-refractivity contribution in [1.82, 2.24) is 5.48 Å². The molecule has 18 heavy (non-hydrogen) atoms. The molecule has 1 aliphatic rings. The van der Waals surface area contributed by atoms with Gasteiger partial charge in [0.2, 0.25) is 0 Å². The third kappa shape index (κ3) is 3.87. The summed E-state index contributed by atoms with van der Waals surface area (Å²) < 4.78 is 16.1. The molecule has 5 nitrogen and oxygen atoms in total. The highest BCUT2D eigenvalue weighted by atomic mass is 16.7. The fraction of sp³-hybridized carbons (Fsp3) is 0.538. The summed E-state index contributed by atoms with van der Waals surface area (Å²) in [5.41, 5.74) is 3.98. The highest BCUT2D eigenvalue weighted by Gasteiger charge is 2.10. The second-order valence-electron chi connectivity index (χ2n) is 3.99. The summed E-state index contributed by atoms with van der Waals surface area (Å²) >= 11 is 0. The van der Waals surface area contributed by atoms with Crippen LogP contribution in [-0.2, 0) is 16.1 Å². The summed E-state index contributed by atoms with van der Waals surface area (Å²) in [5.74, 6) is 1.63. The van der Waals surface area contributed by atoms with Crippen LogP contribution >= 0.6 is 0 Å². The van der Waals surface area contributed by atoms with E-state index in [1.54, 1.807) is 7.11 Å². The molecule has 0 radical (unpaired) electrons. The Morgan fingerprint density at radius 1 is 1.17 bits per heavy atom. The van der Waals surface area contributed by atoms with Crippen molar-refractivity contribution in [3.8, 4) is 11.5 Å². The number of benzene rings is 1.